The van der Waals surface area contributed by atoms with Gasteiger partial charge in [0.25, 0.3) is 0 Å². The van der Waals surface area contributed by atoms with Crippen molar-refractivity contribution in [2.75, 3.05) is 0 Å². The molecule has 0 atom stereocenters. The van der Waals surface area contributed by atoms with Crippen LogP contribution in [0.4, 0.5) is 0 Å². The Morgan fingerprint density at radius 2 is 1.71 bits per heavy atom. The summed E-state index contributed by atoms with van der Waals surface area (Å²) in [6.45, 7) is 6.40. The molecule has 0 saturated carbocycles. The molecule has 0 aliphatic heterocycles. The minimum absolute atomic E-state index is 0.0131. The largest absolute Gasteiger partial charge is 0.506 e. The van der Waals surface area contributed by atoms with E-state index in [-0.39, 0.29) is 11.2 Å². The SMILES string of the molecule is [B]Cc1cc(C(C)(C)C)cc(C#Cc2ccccc2)c1O. The standard InChI is InChI=1S/C19H19BO/c1-19(2,3)17-11-15(18(21)16(12-17)13-20)10-9-14-7-5-4-6-8-14/h4-8,11-12,21H,13H2,1-3H3. The highest BCUT2D eigenvalue weighted by atomic mass is 16.3. The van der Waals surface area contributed by atoms with Crippen LogP contribution < -0.4 is 0 Å². The molecule has 21 heavy (non-hydrogen) atoms. The van der Waals surface area contributed by atoms with Crippen LogP contribution in [0.2, 0.25) is 0 Å². The first-order chi connectivity index (χ1) is 9.91. The molecular formula is C19H19BO. The molecule has 2 rings (SSSR count). The first-order valence-corrected chi connectivity index (χ1v) is 7.05. The fourth-order valence-corrected chi connectivity index (χ4v) is 2.04. The Balaban J connectivity index is 2.51. The summed E-state index contributed by atoms with van der Waals surface area (Å²) in [4.78, 5) is 0. The molecular weight excluding hydrogens is 255 g/mol. The molecule has 104 valence electrons. The summed E-state index contributed by atoms with van der Waals surface area (Å²) in [6, 6.07) is 13.6. The molecule has 0 saturated heterocycles. The van der Waals surface area contributed by atoms with Gasteiger partial charge in [-0.2, -0.15) is 0 Å². The molecule has 2 aromatic rings. The molecule has 2 aromatic carbocycles. The smallest absolute Gasteiger partial charge is 0.133 e. The number of hydrogen-bond acceptors (Lipinski definition) is 1. The van der Waals surface area contributed by atoms with E-state index in [2.05, 4.69) is 32.6 Å². The maximum Gasteiger partial charge on any atom is 0.133 e. The molecule has 2 radical (unpaired) electrons. The second-order valence-corrected chi connectivity index (χ2v) is 6.10. The zero-order valence-electron chi connectivity index (χ0n) is 12.8. The van der Waals surface area contributed by atoms with Gasteiger partial charge >= 0.3 is 0 Å². The van der Waals surface area contributed by atoms with Crippen molar-refractivity contribution < 1.29 is 5.11 Å². The van der Waals surface area contributed by atoms with Crippen LogP contribution in [0.15, 0.2) is 42.5 Å². The van der Waals surface area contributed by atoms with Crippen LogP contribution in [-0.2, 0) is 11.7 Å². The van der Waals surface area contributed by atoms with E-state index < -0.39 is 0 Å². The van der Waals surface area contributed by atoms with Crippen molar-refractivity contribution in [2.45, 2.75) is 32.5 Å². The molecule has 0 heterocycles. The van der Waals surface area contributed by atoms with Crippen molar-refractivity contribution in [3.05, 3.63) is 64.7 Å². The summed E-state index contributed by atoms with van der Waals surface area (Å²) in [5.74, 6) is 6.33. The Morgan fingerprint density at radius 1 is 1.05 bits per heavy atom. The molecule has 0 aromatic heterocycles. The minimum Gasteiger partial charge on any atom is -0.506 e. The fraction of sp³-hybridized carbons (Fsp3) is 0.263. The van der Waals surface area contributed by atoms with E-state index in [9.17, 15) is 5.11 Å². The lowest BCUT2D eigenvalue weighted by Crippen LogP contribution is -2.12. The van der Waals surface area contributed by atoms with Crippen molar-refractivity contribution in [1.29, 1.82) is 0 Å². The number of aromatic hydroxyl groups is 1. The van der Waals surface area contributed by atoms with Crippen LogP contribution in [0.5, 0.6) is 5.75 Å². The van der Waals surface area contributed by atoms with Gasteiger partial charge in [-0.15, -0.1) is 0 Å². The Hall–Kier alpha value is -2.14. The van der Waals surface area contributed by atoms with Gasteiger partial charge in [0.15, 0.2) is 0 Å². The van der Waals surface area contributed by atoms with Crippen molar-refractivity contribution >= 4 is 7.85 Å². The lowest BCUT2D eigenvalue weighted by atomic mass is 9.82. The van der Waals surface area contributed by atoms with E-state index in [0.717, 1.165) is 16.7 Å². The van der Waals surface area contributed by atoms with Gasteiger partial charge in [0.05, 0.1) is 13.4 Å². The van der Waals surface area contributed by atoms with E-state index in [1.807, 2.05) is 42.5 Å². The van der Waals surface area contributed by atoms with Gasteiger partial charge < -0.3 is 5.11 Å². The highest BCUT2D eigenvalue weighted by Crippen LogP contribution is 2.30. The number of hydrogen-bond donors (Lipinski definition) is 1. The average molecular weight is 274 g/mol. The van der Waals surface area contributed by atoms with E-state index in [4.69, 9.17) is 7.85 Å². The molecule has 0 unspecified atom stereocenters. The van der Waals surface area contributed by atoms with Crippen LogP contribution in [0.25, 0.3) is 0 Å². The van der Waals surface area contributed by atoms with Crippen LogP contribution >= 0.6 is 0 Å². The Labute approximate surface area is 128 Å². The van der Waals surface area contributed by atoms with E-state index in [0.29, 0.717) is 11.9 Å². The molecule has 0 aliphatic rings. The normalized spacial score (nSPS) is 10.8. The molecule has 2 heteroatoms. The Kier molecular flexibility index (Phi) is 4.43. The Morgan fingerprint density at radius 3 is 2.29 bits per heavy atom. The van der Waals surface area contributed by atoms with E-state index in [1.165, 1.54) is 0 Å². The first-order valence-electron chi connectivity index (χ1n) is 7.05. The van der Waals surface area contributed by atoms with Crippen molar-refractivity contribution in [3.8, 4) is 17.6 Å². The number of phenolic OH excluding ortho intramolecular Hbond substituents is 1. The van der Waals surface area contributed by atoms with Gasteiger partial charge in [0, 0.05) is 5.56 Å². The van der Waals surface area contributed by atoms with Gasteiger partial charge in [-0.25, -0.2) is 0 Å². The summed E-state index contributed by atoms with van der Waals surface area (Å²) < 4.78 is 0. The molecule has 0 spiro atoms. The predicted octanol–water partition coefficient (Wildman–Crippen LogP) is 3.76. The topological polar surface area (TPSA) is 20.2 Å². The molecule has 1 N–H and O–H groups in total. The van der Waals surface area contributed by atoms with Gasteiger partial charge in [-0.3, -0.25) is 0 Å². The van der Waals surface area contributed by atoms with Crippen LogP contribution in [0.1, 0.15) is 43.0 Å². The van der Waals surface area contributed by atoms with Crippen LogP contribution in [0, 0.1) is 11.8 Å². The Bertz CT molecular complexity index is 685. The molecule has 0 bridgehead atoms. The molecule has 0 aliphatic carbocycles. The quantitative estimate of drug-likeness (QED) is 0.620. The zero-order valence-corrected chi connectivity index (χ0v) is 12.8. The predicted molar refractivity (Wildman–Crippen MR) is 88.7 cm³/mol. The third-order valence-corrected chi connectivity index (χ3v) is 3.39. The minimum atomic E-state index is -0.0131. The van der Waals surface area contributed by atoms with E-state index >= 15 is 0 Å². The third-order valence-electron chi connectivity index (χ3n) is 3.39. The lowest BCUT2D eigenvalue weighted by Gasteiger charge is -2.21. The summed E-state index contributed by atoms with van der Waals surface area (Å²) in [5.41, 5.74) is 3.40. The van der Waals surface area contributed by atoms with Gasteiger partial charge in [0.1, 0.15) is 5.75 Å². The van der Waals surface area contributed by atoms with Crippen molar-refractivity contribution in [3.63, 3.8) is 0 Å². The van der Waals surface area contributed by atoms with Crippen molar-refractivity contribution in [1.82, 2.24) is 0 Å². The summed E-state index contributed by atoms with van der Waals surface area (Å²) in [6.07, 6.45) is 0.301. The highest BCUT2D eigenvalue weighted by molar-refractivity contribution is 6.08. The number of phenols is 1. The van der Waals surface area contributed by atoms with Gasteiger partial charge in [0.2, 0.25) is 0 Å². The number of benzene rings is 2. The summed E-state index contributed by atoms with van der Waals surface area (Å²) in [5, 5.41) is 10.3. The second-order valence-electron chi connectivity index (χ2n) is 6.10. The summed E-state index contributed by atoms with van der Waals surface area (Å²) in [7, 11) is 5.73. The lowest BCUT2D eigenvalue weighted by molar-refractivity contribution is 0.467. The van der Waals surface area contributed by atoms with E-state index in [1.54, 1.807) is 0 Å². The monoisotopic (exact) mass is 274 g/mol. The fourth-order valence-electron chi connectivity index (χ4n) is 2.04. The highest BCUT2D eigenvalue weighted by Gasteiger charge is 2.17. The molecule has 1 nitrogen and oxygen atoms in total. The zero-order chi connectivity index (χ0) is 15.5. The third kappa shape index (κ3) is 3.70. The molecule has 0 amide bonds. The average Bonchev–Trinajstić information content (AvgIpc) is 2.46. The second kappa shape index (κ2) is 6.10. The van der Waals surface area contributed by atoms with Crippen molar-refractivity contribution in [2.24, 2.45) is 0 Å². The maximum atomic E-state index is 10.3. The maximum absolute atomic E-state index is 10.3. The molecule has 0 fully saturated rings. The van der Waals surface area contributed by atoms with Crippen LogP contribution in [0.3, 0.4) is 0 Å². The van der Waals surface area contributed by atoms with Gasteiger partial charge in [-0.05, 0) is 34.7 Å². The van der Waals surface area contributed by atoms with Gasteiger partial charge in [-0.1, -0.05) is 63.2 Å². The first kappa shape index (κ1) is 15.3. The summed E-state index contributed by atoms with van der Waals surface area (Å²) >= 11 is 0. The number of rotatable bonds is 1. The van der Waals surface area contributed by atoms with Crippen LogP contribution in [-0.4, -0.2) is 13.0 Å².